The Labute approximate surface area is 96.8 Å². The number of carbonyl (C=O) groups excluding carboxylic acids is 1. The summed E-state index contributed by atoms with van der Waals surface area (Å²) in [5, 5.41) is 24.0. The van der Waals surface area contributed by atoms with E-state index >= 15 is 0 Å². The molecule has 17 heavy (non-hydrogen) atoms. The van der Waals surface area contributed by atoms with Crippen molar-refractivity contribution in [1.82, 2.24) is 0 Å². The number of carbonyl (C=O) groups is 4. The number of rotatable bonds is 5. The molecular weight excluding hydrogens is 236 g/mol. The molecule has 3 N–H and O–H groups in total. The molecule has 0 radical (unpaired) electrons. The first kappa shape index (κ1) is 17.3. The molecule has 0 aromatic carbocycles. The zero-order valence-corrected chi connectivity index (χ0v) is 9.37. The van der Waals surface area contributed by atoms with Crippen LogP contribution >= 0.6 is 0 Å². The minimum atomic E-state index is -1.13. The van der Waals surface area contributed by atoms with Crippen molar-refractivity contribution >= 4 is 23.9 Å². The fraction of sp³-hybridized carbons (Fsp3) is 0.556. The van der Waals surface area contributed by atoms with Crippen LogP contribution in [0.25, 0.3) is 0 Å². The molecule has 0 amide bonds. The zero-order chi connectivity index (χ0) is 14.0. The molecule has 0 aromatic rings. The number of esters is 1. The van der Waals surface area contributed by atoms with Crippen LogP contribution < -0.4 is 0 Å². The molecule has 0 bridgehead atoms. The minimum Gasteiger partial charge on any atom is -0.481 e. The molecule has 98 valence electrons. The number of carboxylic acid groups (broad SMARTS) is 3. The van der Waals surface area contributed by atoms with Crippen molar-refractivity contribution in [2.45, 2.75) is 32.8 Å². The quantitative estimate of drug-likeness (QED) is 0.577. The highest BCUT2D eigenvalue weighted by atomic mass is 16.6. The van der Waals surface area contributed by atoms with Gasteiger partial charge in [-0.25, -0.2) is 4.79 Å². The van der Waals surface area contributed by atoms with Gasteiger partial charge in [-0.15, -0.1) is 0 Å². The smallest absolute Gasteiger partial charge is 0.344 e. The maximum Gasteiger partial charge on any atom is 0.344 e. The first-order valence-corrected chi connectivity index (χ1v) is 4.50. The van der Waals surface area contributed by atoms with E-state index < -0.39 is 30.0 Å². The number of aliphatic carboxylic acids is 3. The van der Waals surface area contributed by atoms with Gasteiger partial charge >= 0.3 is 23.9 Å². The number of hydrogen-bond acceptors (Lipinski definition) is 5. The molecule has 0 spiro atoms. The van der Waals surface area contributed by atoms with Crippen molar-refractivity contribution in [1.29, 1.82) is 0 Å². The monoisotopic (exact) mass is 250 g/mol. The average Bonchev–Trinajstić information content (AvgIpc) is 2.14. The van der Waals surface area contributed by atoms with Gasteiger partial charge < -0.3 is 20.1 Å². The predicted molar refractivity (Wildman–Crippen MR) is 53.4 cm³/mol. The van der Waals surface area contributed by atoms with E-state index in [0.29, 0.717) is 0 Å². The van der Waals surface area contributed by atoms with Crippen LogP contribution in [0.15, 0.2) is 0 Å². The summed E-state index contributed by atoms with van der Waals surface area (Å²) in [6.45, 7) is 2.46. The van der Waals surface area contributed by atoms with Crippen molar-refractivity contribution in [3.63, 3.8) is 0 Å². The zero-order valence-electron chi connectivity index (χ0n) is 9.37. The second-order valence-electron chi connectivity index (χ2n) is 2.88. The lowest BCUT2D eigenvalue weighted by molar-refractivity contribution is -0.161. The molecular formula is C9H14O8. The lowest BCUT2D eigenvalue weighted by Crippen LogP contribution is -2.21. The number of ether oxygens (including phenoxy) is 1. The molecule has 8 heteroatoms. The molecule has 0 rings (SSSR count). The fourth-order valence-corrected chi connectivity index (χ4v) is 0.513. The summed E-state index contributed by atoms with van der Waals surface area (Å²) >= 11 is 0. The Morgan fingerprint density at radius 3 is 1.47 bits per heavy atom. The van der Waals surface area contributed by atoms with Crippen LogP contribution in [0.3, 0.4) is 0 Å². The molecule has 0 saturated carbocycles. The van der Waals surface area contributed by atoms with Gasteiger partial charge in [0.25, 0.3) is 0 Å². The second-order valence-corrected chi connectivity index (χ2v) is 2.88. The molecule has 8 nitrogen and oxygen atoms in total. The molecule has 0 aliphatic heterocycles. The van der Waals surface area contributed by atoms with Gasteiger partial charge in [0.15, 0.2) is 6.10 Å². The number of hydrogen-bond donors (Lipinski definition) is 3. The van der Waals surface area contributed by atoms with Crippen LogP contribution in [0.4, 0.5) is 0 Å². The SMILES string of the molecule is CC(=O)OC(C)C(=O)O.O=C(O)CCC(=O)O. The highest BCUT2D eigenvalue weighted by molar-refractivity contribution is 5.76. The van der Waals surface area contributed by atoms with Gasteiger partial charge in [-0.3, -0.25) is 14.4 Å². The lowest BCUT2D eigenvalue weighted by Gasteiger charge is -2.04. The van der Waals surface area contributed by atoms with E-state index in [0.717, 1.165) is 0 Å². The van der Waals surface area contributed by atoms with Crippen molar-refractivity contribution in [2.24, 2.45) is 0 Å². The van der Waals surface area contributed by atoms with Crippen molar-refractivity contribution in [2.75, 3.05) is 0 Å². The van der Waals surface area contributed by atoms with Crippen molar-refractivity contribution in [3.8, 4) is 0 Å². The normalized spacial score (nSPS) is 10.5. The first-order chi connectivity index (χ1) is 7.66. The average molecular weight is 250 g/mol. The summed E-state index contributed by atoms with van der Waals surface area (Å²) in [5.41, 5.74) is 0. The summed E-state index contributed by atoms with van der Waals surface area (Å²) in [5.74, 6) is -3.87. The Morgan fingerprint density at radius 1 is 1.00 bits per heavy atom. The molecule has 0 saturated heterocycles. The number of carboxylic acids is 3. The van der Waals surface area contributed by atoms with Crippen LogP contribution in [0, 0.1) is 0 Å². The van der Waals surface area contributed by atoms with Gasteiger partial charge in [-0.05, 0) is 6.92 Å². The van der Waals surface area contributed by atoms with Gasteiger partial charge in [-0.2, -0.15) is 0 Å². The third-order valence-electron chi connectivity index (χ3n) is 1.24. The third kappa shape index (κ3) is 16.5. The summed E-state index contributed by atoms with van der Waals surface area (Å²) < 4.78 is 4.27. The lowest BCUT2D eigenvalue weighted by atomic mass is 10.3. The van der Waals surface area contributed by atoms with Gasteiger partial charge in [0.1, 0.15) is 0 Å². The van der Waals surface area contributed by atoms with Gasteiger partial charge in [0, 0.05) is 6.92 Å². The Hall–Kier alpha value is -2.12. The van der Waals surface area contributed by atoms with E-state index in [2.05, 4.69) is 4.74 Å². The van der Waals surface area contributed by atoms with Crippen LogP contribution in [0.5, 0.6) is 0 Å². The van der Waals surface area contributed by atoms with E-state index in [1.807, 2.05) is 0 Å². The van der Waals surface area contributed by atoms with Gasteiger partial charge in [0.05, 0.1) is 12.8 Å². The Bertz CT molecular complexity index is 281. The highest BCUT2D eigenvalue weighted by Crippen LogP contribution is 1.89. The molecule has 0 aromatic heterocycles. The summed E-state index contributed by atoms with van der Waals surface area (Å²) in [6.07, 6.45) is -1.63. The molecule has 0 heterocycles. The molecule has 0 fully saturated rings. The topological polar surface area (TPSA) is 138 Å². The van der Waals surface area contributed by atoms with E-state index in [1.54, 1.807) is 0 Å². The van der Waals surface area contributed by atoms with Crippen LogP contribution in [-0.2, 0) is 23.9 Å². The largest absolute Gasteiger partial charge is 0.481 e. The Kier molecular flexibility index (Phi) is 9.28. The van der Waals surface area contributed by atoms with Gasteiger partial charge in [0.2, 0.25) is 0 Å². The van der Waals surface area contributed by atoms with E-state index in [9.17, 15) is 19.2 Å². The summed E-state index contributed by atoms with van der Waals surface area (Å²) in [7, 11) is 0. The Morgan fingerprint density at radius 2 is 1.35 bits per heavy atom. The predicted octanol–water partition coefficient (Wildman–Crippen LogP) is -0.0416. The minimum absolute atomic E-state index is 0.296. The van der Waals surface area contributed by atoms with E-state index in [4.69, 9.17) is 15.3 Å². The van der Waals surface area contributed by atoms with E-state index in [1.165, 1.54) is 13.8 Å². The van der Waals surface area contributed by atoms with Crippen LogP contribution in [-0.4, -0.2) is 45.3 Å². The van der Waals surface area contributed by atoms with Gasteiger partial charge in [-0.1, -0.05) is 0 Å². The van der Waals surface area contributed by atoms with E-state index in [-0.39, 0.29) is 12.8 Å². The van der Waals surface area contributed by atoms with Crippen LogP contribution in [0.2, 0.25) is 0 Å². The van der Waals surface area contributed by atoms with Crippen LogP contribution in [0.1, 0.15) is 26.7 Å². The molecule has 1 atom stereocenters. The fourth-order valence-electron chi connectivity index (χ4n) is 0.513. The first-order valence-electron chi connectivity index (χ1n) is 4.50. The Balaban J connectivity index is 0. The highest BCUT2D eigenvalue weighted by Gasteiger charge is 2.12. The molecule has 0 aliphatic rings. The maximum absolute atomic E-state index is 10.1. The second kappa shape index (κ2) is 9.13. The molecule has 0 aliphatic carbocycles. The van der Waals surface area contributed by atoms with Crippen molar-refractivity contribution in [3.05, 3.63) is 0 Å². The summed E-state index contributed by atoms with van der Waals surface area (Å²) in [4.78, 5) is 39.3. The van der Waals surface area contributed by atoms with Crippen molar-refractivity contribution < 1.29 is 39.2 Å². The maximum atomic E-state index is 10.1. The summed E-state index contributed by atoms with van der Waals surface area (Å²) in [6, 6.07) is 0. The third-order valence-corrected chi connectivity index (χ3v) is 1.24. The molecule has 1 unspecified atom stereocenters. The standard InChI is InChI=1S/C5H8O4.C4H6O4/c1-3(5(7)8)9-4(2)6;5-3(6)1-2-4(7)8/h3H,1-2H3,(H,7,8);1-2H2,(H,5,6)(H,7,8).